The van der Waals surface area contributed by atoms with Crippen LogP contribution >= 0.6 is 23.4 Å². The molecule has 0 aliphatic rings. The Bertz CT molecular complexity index is 602. The third-order valence-corrected chi connectivity index (χ3v) is 3.18. The van der Waals surface area contributed by atoms with E-state index in [2.05, 4.69) is 15.5 Å². The molecular weight excluding hydrogens is 288 g/mol. The lowest BCUT2D eigenvalue weighted by atomic mass is 10.2. The van der Waals surface area contributed by atoms with Crippen molar-refractivity contribution in [1.82, 2.24) is 10.2 Å². The normalized spacial score (nSPS) is 10.4. The van der Waals surface area contributed by atoms with Gasteiger partial charge in [-0.15, -0.1) is 10.2 Å². The third kappa shape index (κ3) is 3.87. The number of nitrogen functional groups attached to an aromatic ring is 1. The second-order valence-electron chi connectivity index (χ2n) is 3.66. The van der Waals surface area contributed by atoms with Gasteiger partial charge in [0.05, 0.1) is 17.1 Å². The fourth-order valence-corrected chi connectivity index (χ4v) is 2.06. The molecule has 0 spiro atoms. The number of nitrogens with two attached hydrogens (primary N) is 1. The maximum Gasteiger partial charge on any atom is 0.277 e. The first kappa shape index (κ1) is 13.7. The van der Waals surface area contributed by atoms with E-state index in [1.807, 2.05) is 0 Å². The highest BCUT2D eigenvalue weighted by Crippen LogP contribution is 2.23. The molecule has 2 aromatic rings. The van der Waals surface area contributed by atoms with Crippen molar-refractivity contribution in [1.29, 1.82) is 0 Å². The van der Waals surface area contributed by atoms with Crippen molar-refractivity contribution >= 4 is 40.6 Å². The van der Waals surface area contributed by atoms with Gasteiger partial charge in [-0.3, -0.25) is 4.79 Å². The van der Waals surface area contributed by atoms with E-state index >= 15 is 0 Å². The average molecular weight is 299 g/mol. The molecule has 1 aromatic carbocycles. The Balaban J connectivity index is 1.92. The van der Waals surface area contributed by atoms with Crippen LogP contribution in [0.15, 0.2) is 27.8 Å². The summed E-state index contributed by atoms with van der Waals surface area (Å²) in [5.41, 5.74) is 6.67. The molecule has 19 heavy (non-hydrogen) atoms. The van der Waals surface area contributed by atoms with Crippen LogP contribution in [0.4, 0.5) is 11.4 Å². The zero-order valence-corrected chi connectivity index (χ0v) is 11.6. The minimum Gasteiger partial charge on any atom is -0.416 e. The van der Waals surface area contributed by atoms with E-state index in [0.717, 1.165) is 11.8 Å². The Morgan fingerprint density at radius 3 is 3.00 bits per heavy atom. The molecule has 0 aliphatic carbocycles. The number of rotatable bonds is 4. The average Bonchev–Trinajstić information content (AvgIpc) is 2.77. The number of thioether (sulfide) groups is 1. The minimum atomic E-state index is -0.227. The van der Waals surface area contributed by atoms with E-state index in [4.69, 9.17) is 21.8 Å². The smallest absolute Gasteiger partial charge is 0.277 e. The van der Waals surface area contributed by atoms with Crippen LogP contribution in [0.2, 0.25) is 5.02 Å². The molecule has 1 amide bonds. The first-order valence-electron chi connectivity index (χ1n) is 5.32. The minimum absolute atomic E-state index is 0.146. The van der Waals surface area contributed by atoms with Gasteiger partial charge in [0.1, 0.15) is 0 Å². The van der Waals surface area contributed by atoms with Crippen molar-refractivity contribution in [3.05, 3.63) is 29.1 Å². The van der Waals surface area contributed by atoms with Gasteiger partial charge in [0, 0.05) is 11.9 Å². The van der Waals surface area contributed by atoms with Crippen molar-refractivity contribution in [3.8, 4) is 0 Å². The summed E-state index contributed by atoms with van der Waals surface area (Å²) in [6.07, 6.45) is 0. The van der Waals surface area contributed by atoms with Crippen LogP contribution in [0, 0.1) is 6.92 Å². The number of amides is 1. The molecule has 0 saturated heterocycles. The summed E-state index contributed by atoms with van der Waals surface area (Å²) in [5.74, 6) is 0.380. The fourth-order valence-electron chi connectivity index (χ4n) is 1.29. The molecule has 6 nitrogen and oxygen atoms in total. The van der Waals surface area contributed by atoms with E-state index in [0.29, 0.717) is 27.5 Å². The van der Waals surface area contributed by atoms with Crippen LogP contribution in [-0.4, -0.2) is 21.9 Å². The Morgan fingerprint density at radius 1 is 1.53 bits per heavy atom. The molecule has 3 N–H and O–H groups in total. The molecule has 1 heterocycles. The van der Waals surface area contributed by atoms with Gasteiger partial charge in [0.15, 0.2) is 0 Å². The molecule has 100 valence electrons. The number of anilines is 2. The number of carbonyl (C=O) groups excluding carboxylic acids is 1. The van der Waals surface area contributed by atoms with Crippen molar-refractivity contribution < 1.29 is 9.21 Å². The summed E-state index contributed by atoms with van der Waals surface area (Å²) in [6.45, 7) is 1.68. The topological polar surface area (TPSA) is 94.0 Å². The Labute approximate surface area is 118 Å². The van der Waals surface area contributed by atoms with Gasteiger partial charge < -0.3 is 15.5 Å². The molecule has 8 heteroatoms. The summed E-state index contributed by atoms with van der Waals surface area (Å²) in [7, 11) is 0. The first-order chi connectivity index (χ1) is 9.04. The van der Waals surface area contributed by atoms with Crippen LogP contribution in [0.25, 0.3) is 0 Å². The number of nitrogens with zero attached hydrogens (tertiary/aromatic N) is 2. The van der Waals surface area contributed by atoms with Gasteiger partial charge in [-0.25, -0.2) is 0 Å². The second kappa shape index (κ2) is 5.94. The van der Waals surface area contributed by atoms with Crippen molar-refractivity contribution in [3.63, 3.8) is 0 Å². The lowest BCUT2D eigenvalue weighted by Gasteiger charge is -2.07. The van der Waals surface area contributed by atoms with E-state index in [9.17, 15) is 4.79 Å². The fraction of sp³-hybridized carbons (Fsp3) is 0.182. The van der Waals surface area contributed by atoms with E-state index in [-0.39, 0.29) is 11.7 Å². The standard InChI is InChI=1S/C11H11ClN4O2S/c1-6-15-16-11(18-6)19-5-10(17)14-9-4-7(12)2-3-8(9)13/h2-4H,5,13H2,1H3,(H,14,17). The number of hydrogen-bond donors (Lipinski definition) is 2. The number of halogens is 1. The molecule has 2 rings (SSSR count). The van der Waals surface area contributed by atoms with Crippen LogP contribution in [0.3, 0.4) is 0 Å². The van der Waals surface area contributed by atoms with Gasteiger partial charge in [-0.2, -0.15) is 0 Å². The van der Waals surface area contributed by atoms with Crippen molar-refractivity contribution in [2.75, 3.05) is 16.8 Å². The SMILES string of the molecule is Cc1nnc(SCC(=O)Nc2cc(Cl)ccc2N)o1. The lowest BCUT2D eigenvalue weighted by molar-refractivity contribution is -0.113. The predicted molar refractivity (Wildman–Crippen MR) is 74.3 cm³/mol. The maximum absolute atomic E-state index is 11.7. The Hall–Kier alpha value is -1.73. The molecule has 1 aromatic heterocycles. The molecule has 0 aliphatic heterocycles. The summed E-state index contributed by atoms with van der Waals surface area (Å²) in [4.78, 5) is 11.7. The summed E-state index contributed by atoms with van der Waals surface area (Å²) in [6, 6.07) is 4.88. The Kier molecular flexibility index (Phi) is 4.28. The summed E-state index contributed by atoms with van der Waals surface area (Å²) in [5, 5.41) is 11.0. The number of carbonyl (C=O) groups is 1. The van der Waals surface area contributed by atoms with Crippen molar-refractivity contribution in [2.24, 2.45) is 0 Å². The molecule has 0 bridgehead atoms. The van der Waals surface area contributed by atoms with E-state index in [1.54, 1.807) is 25.1 Å². The quantitative estimate of drug-likeness (QED) is 0.664. The number of aromatic nitrogens is 2. The molecule has 0 unspecified atom stereocenters. The highest BCUT2D eigenvalue weighted by atomic mass is 35.5. The zero-order valence-electron chi connectivity index (χ0n) is 10.0. The van der Waals surface area contributed by atoms with E-state index < -0.39 is 0 Å². The summed E-state index contributed by atoms with van der Waals surface area (Å²) >= 11 is 6.98. The van der Waals surface area contributed by atoms with Gasteiger partial charge in [-0.1, -0.05) is 23.4 Å². The molecule has 0 saturated carbocycles. The van der Waals surface area contributed by atoms with Gasteiger partial charge in [0.2, 0.25) is 11.8 Å². The number of hydrogen-bond acceptors (Lipinski definition) is 6. The number of nitrogens with one attached hydrogen (secondary N) is 1. The van der Waals surface area contributed by atoms with Crippen molar-refractivity contribution in [2.45, 2.75) is 12.1 Å². The monoisotopic (exact) mass is 298 g/mol. The highest BCUT2D eigenvalue weighted by Gasteiger charge is 2.09. The van der Waals surface area contributed by atoms with Crippen LogP contribution in [0.1, 0.15) is 5.89 Å². The molecule has 0 atom stereocenters. The van der Waals surface area contributed by atoms with Crippen LogP contribution < -0.4 is 11.1 Å². The largest absolute Gasteiger partial charge is 0.416 e. The summed E-state index contributed by atoms with van der Waals surface area (Å²) < 4.78 is 5.14. The third-order valence-electron chi connectivity index (χ3n) is 2.12. The Morgan fingerprint density at radius 2 is 2.32 bits per heavy atom. The molecule has 0 radical (unpaired) electrons. The molecule has 0 fully saturated rings. The van der Waals surface area contributed by atoms with Gasteiger partial charge in [-0.05, 0) is 18.2 Å². The molecular formula is C11H11ClN4O2S. The maximum atomic E-state index is 11.7. The van der Waals surface area contributed by atoms with Gasteiger partial charge >= 0.3 is 0 Å². The predicted octanol–water partition coefficient (Wildman–Crippen LogP) is 2.34. The van der Waals surface area contributed by atoms with E-state index in [1.165, 1.54) is 0 Å². The highest BCUT2D eigenvalue weighted by molar-refractivity contribution is 7.99. The van der Waals surface area contributed by atoms with Gasteiger partial charge in [0.25, 0.3) is 5.22 Å². The number of aryl methyl sites for hydroxylation is 1. The van der Waals surface area contributed by atoms with Crippen LogP contribution in [0.5, 0.6) is 0 Å². The second-order valence-corrected chi connectivity index (χ2v) is 5.02. The van der Waals surface area contributed by atoms with Crippen LogP contribution in [-0.2, 0) is 4.79 Å². The first-order valence-corrected chi connectivity index (χ1v) is 6.69. The lowest BCUT2D eigenvalue weighted by Crippen LogP contribution is -2.15. The zero-order chi connectivity index (χ0) is 13.8. The number of benzene rings is 1.